The molecule has 1 aliphatic heterocycles. The quantitative estimate of drug-likeness (QED) is 0.663. The van der Waals surface area contributed by atoms with Gasteiger partial charge in [0.2, 0.25) is 15.9 Å². The Kier molecular flexibility index (Phi) is 7.46. The van der Waals surface area contributed by atoms with Gasteiger partial charge in [-0.2, -0.15) is 4.31 Å². The number of carbonyl (C=O) groups excluding carboxylic acids is 2. The van der Waals surface area contributed by atoms with Crippen LogP contribution < -0.4 is 5.32 Å². The molecule has 0 saturated carbocycles. The van der Waals surface area contributed by atoms with Crippen LogP contribution >= 0.6 is 0 Å². The molecule has 1 N–H and O–H groups in total. The van der Waals surface area contributed by atoms with Crippen molar-refractivity contribution in [2.75, 3.05) is 26.7 Å². The molecule has 166 valence electrons. The van der Waals surface area contributed by atoms with Crippen molar-refractivity contribution in [3.8, 4) is 0 Å². The molecular formula is C23H28N2O5S. The molecule has 2 aromatic carbocycles. The number of ether oxygens (including phenoxy) is 1. The SMILES string of the molecule is COC(=O)c1ccccc1S(=O)(=O)N1CCCC(C(=O)NCC(C)c2ccccc2)C1. The lowest BCUT2D eigenvalue weighted by molar-refractivity contribution is -0.126. The first-order valence-electron chi connectivity index (χ1n) is 10.3. The maximum Gasteiger partial charge on any atom is 0.339 e. The zero-order chi connectivity index (χ0) is 22.4. The fourth-order valence-corrected chi connectivity index (χ4v) is 5.49. The standard InChI is InChI=1S/C23H28N2O5S/c1-17(18-9-4-3-5-10-18)15-24-22(26)19-11-8-14-25(16-19)31(28,29)21-13-7-6-12-20(21)23(27)30-2/h3-7,9-10,12-13,17,19H,8,11,14-16H2,1-2H3,(H,24,26). The normalized spacial score (nSPS) is 18.2. The number of carbonyl (C=O) groups is 2. The highest BCUT2D eigenvalue weighted by Gasteiger charge is 2.35. The fraction of sp³-hybridized carbons (Fsp3) is 0.391. The molecule has 1 aliphatic rings. The molecule has 31 heavy (non-hydrogen) atoms. The monoisotopic (exact) mass is 444 g/mol. The van der Waals surface area contributed by atoms with Crippen LogP contribution in [-0.2, 0) is 19.6 Å². The van der Waals surface area contributed by atoms with E-state index in [4.69, 9.17) is 4.74 Å². The molecular weight excluding hydrogens is 416 g/mol. The maximum absolute atomic E-state index is 13.2. The van der Waals surface area contributed by atoms with Crippen LogP contribution in [0.2, 0.25) is 0 Å². The lowest BCUT2D eigenvalue weighted by Crippen LogP contribution is -2.46. The van der Waals surface area contributed by atoms with Crippen LogP contribution in [0.5, 0.6) is 0 Å². The van der Waals surface area contributed by atoms with Gasteiger partial charge in [-0.15, -0.1) is 0 Å². The van der Waals surface area contributed by atoms with E-state index in [0.717, 1.165) is 5.56 Å². The van der Waals surface area contributed by atoms with Crippen LogP contribution in [0.3, 0.4) is 0 Å². The van der Waals surface area contributed by atoms with E-state index in [9.17, 15) is 18.0 Å². The summed E-state index contributed by atoms with van der Waals surface area (Å²) in [5, 5.41) is 2.97. The van der Waals surface area contributed by atoms with E-state index in [2.05, 4.69) is 5.32 Å². The molecule has 3 rings (SSSR count). The molecule has 1 heterocycles. The number of amides is 1. The minimum Gasteiger partial charge on any atom is -0.465 e. The van der Waals surface area contributed by atoms with Crippen molar-refractivity contribution in [1.29, 1.82) is 0 Å². The van der Waals surface area contributed by atoms with Crippen molar-refractivity contribution in [2.45, 2.75) is 30.6 Å². The Balaban J connectivity index is 1.69. The second-order valence-electron chi connectivity index (χ2n) is 7.75. The van der Waals surface area contributed by atoms with Crippen molar-refractivity contribution in [3.63, 3.8) is 0 Å². The van der Waals surface area contributed by atoms with Crippen LogP contribution in [0.15, 0.2) is 59.5 Å². The van der Waals surface area contributed by atoms with Crippen molar-refractivity contribution in [3.05, 3.63) is 65.7 Å². The first-order valence-corrected chi connectivity index (χ1v) is 11.8. The molecule has 2 atom stereocenters. The highest BCUT2D eigenvalue weighted by molar-refractivity contribution is 7.89. The second-order valence-corrected chi connectivity index (χ2v) is 9.65. The zero-order valence-corrected chi connectivity index (χ0v) is 18.6. The van der Waals surface area contributed by atoms with Gasteiger partial charge in [-0.05, 0) is 36.5 Å². The summed E-state index contributed by atoms with van der Waals surface area (Å²) < 4.78 is 32.5. The van der Waals surface area contributed by atoms with E-state index < -0.39 is 21.9 Å². The summed E-state index contributed by atoms with van der Waals surface area (Å²) >= 11 is 0. The molecule has 0 radical (unpaired) electrons. The molecule has 1 amide bonds. The first kappa shape index (κ1) is 23.0. The summed E-state index contributed by atoms with van der Waals surface area (Å²) in [5.41, 5.74) is 1.13. The molecule has 0 aromatic heterocycles. The largest absolute Gasteiger partial charge is 0.465 e. The van der Waals surface area contributed by atoms with E-state index in [1.54, 1.807) is 12.1 Å². The van der Waals surface area contributed by atoms with Gasteiger partial charge in [0.15, 0.2) is 0 Å². The minimum atomic E-state index is -3.94. The molecule has 2 aromatic rings. The van der Waals surface area contributed by atoms with Gasteiger partial charge in [-0.25, -0.2) is 13.2 Å². The Hall–Kier alpha value is -2.71. The third-order valence-corrected chi connectivity index (χ3v) is 7.54. The van der Waals surface area contributed by atoms with E-state index >= 15 is 0 Å². The number of methoxy groups -OCH3 is 1. The third-order valence-electron chi connectivity index (χ3n) is 5.62. The smallest absolute Gasteiger partial charge is 0.339 e. The minimum absolute atomic E-state index is 0.00624. The van der Waals surface area contributed by atoms with Gasteiger partial charge in [0.05, 0.1) is 23.5 Å². The van der Waals surface area contributed by atoms with Crippen LogP contribution in [0.25, 0.3) is 0 Å². The maximum atomic E-state index is 13.2. The van der Waals surface area contributed by atoms with Crippen LogP contribution in [0.1, 0.15) is 41.6 Å². The molecule has 0 bridgehead atoms. The van der Waals surface area contributed by atoms with Crippen molar-refractivity contribution in [1.82, 2.24) is 9.62 Å². The Morgan fingerprint density at radius 1 is 1.13 bits per heavy atom. The predicted molar refractivity (Wildman–Crippen MR) is 117 cm³/mol. The van der Waals surface area contributed by atoms with E-state index in [1.807, 2.05) is 37.3 Å². The van der Waals surface area contributed by atoms with E-state index in [0.29, 0.717) is 25.9 Å². The van der Waals surface area contributed by atoms with Crippen molar-refractivity contribution < 1.29 is 22.7 Å². The molecule has 8 heteroatoms. The highest BCUT2D eigenvalue weighted by Crippen LogP contribution is 2.26. The lowest BCUT2D eigenvalue weighted by atomic mass is 9.97. The second kappa shape index (κ2) is 10.1. The number of hydrogen-bond acceptors (Lipinski definition) is 5. The molecule has 7 nitrogen and oxygen atoms in total. The van der Waals surface area contributed by atoms with Crippen molar-refractivity contribution in [2.24, 2.45) is 5.92 Å². The topological polar surface area (TPSA) is 92.8 Å². The number of benzene rings is 2. The number of esters is 1. The van der Waals surface area contributed by atoms with Gasteiger partial charge in [-0.1, -0.05) is 49.4 Å². The van der Waals surface area contributed by atoms with Gasteiger partial charge in [-0.3, -0.25) is 4.79 Å². The molecule has 1 saturated heterocycles. The summed E-state index contributed by atoms with van der Waals surface area (Å²) in [5.74, 6) is -1.14. The summed E-state index contributed by atoms with van der Waals surface area (Å²) in [6.45, 7) is 2.92. The van der Waals surface area contributed by atoms with Crippen LogP contribution in [0, 0.1) is 5.92 Å². The number of rotatable bonds is 7. The number of nitrogens with zero attached hydrogens (tertiary/aromatic N) is 1. The Labute approximate surface area is 183 Å². The lowest BCUT2D eigenvalue weighted by Gasteiger charge is -2.31. The molecule has 0 spiro atoms. The third kappa shape index (κ3) is 5.32. The van der Waals surface area contributed by atoms with E-state index in [1.165, 1.54) is 23.5 Å². The first-order chi connectivity index (χ1) is 14.8. The van der Waals surface area contributed by atoms with Gasteiger partial charge in [0.1, 0.15) is 0 Å². The van der Waals surface area contributed by atoms with Gasteiger partial charge in [0, 0.05) is 19.6 Å². The zero-order valence-electron chi connectivity index (χ0n) is 17.8. The Morgan fingerprint density at radius 2 is 1.81 bits per heavy atom. The Morgan fingerprint density at radius 3 is 2.52 bits per heavy atom. The predicted octanol–water partition coefficient (Wildman–Crippen LogP) is 2.79. The number of piperidine rings is 1. The number of sulfonamides is 1. The van der Waals surface area contributed by atoms with Crippen LogP contribution in [-0.4, -0.2) is 51.3 Å². The average molecular weight is 445 g/mol. The van der Waals surface area contributed by atoms with Gasteiger partial charge >= 0.3 is 5.97 Å². The molecule has 1 fully saturated rings. The molecule has 0 aliphatic carbocycles. The van der Waals surface area contributed by atoms with Crippen molar-refractivity contribution >= 4 is 21.9 Å². The number of hydrogen-bond donors (Lipinski definition) is 1. The Bertz CT molecular complexity index is 1020. The summed E-state index contributed by atoms with van der Waals surface area (Å²) in [6, 6.07) is 15.9. The van der Waals surface area contributed by atoms with Crippen LogP contribution in [0.4, 0.5) is 0 Å². The van der Waals surface area contributed by atoms with Gasteiger partial charge < -0.3 is 10.1 Å². The van der Waals surface area contributed by atoms with E-state index in [-0.39, 0.29) is 28.8 Å². The summed E-state index contributed by atoms with van der Waals surface area (Å²) in [4.78, 5) is 24.7. The molecule has 2 unspecified atom stereocenters. The average Bonchev–Trinajstić information content (AvgIpc) is 2.82. The summed E-state index contributed by atoms with van der Waals surface area (Å²) in [7, 11) is -2.72. The van der Waals surface area contributed by atoms with Gasteiger partial charge in [0.25, 0.3) is 0 Å². The number of nitrogens with one attached hydrogen (secondary N) is 1. The highest BCUT2D eigenvalue weighted by atomic mass is 32.2. The fourth-order valence-electron chi connectivity index (χ4n) is 3.78. The summed E-state index contributed by atoms with van der Waals surface area (Å²) in [6.07, 6.45) is 1.20.